The van der Waals surface area contributed by atoms with Crippen LogP contribution in [0.5, 0.6) is 11.5 Å². The van der Waals surface area contributed by atoms with Gasteiger partial charge in [0.1, 0.15) is 17.5 Å². The number of carbonyl (C=O) groups is 1. The molecule has 2 atom stereocenters. The van der Waals surface area contributed by atoms with Crippen molar-refractivity contribution in [2.75, 3.05) is 14.2 Å². The van der Waals surface area contributed by atoms with Crippen molar-refractivity contribution in [3.8, 4) is 11.5 Å². The second kappa shape index (κ2) is 10.2. The van der Waals surface area contributed by atoms with Gasteiger partial charge in [-0.25, -0.2) is 4.79 Å². The third-order valence-corrected chi connectivity index (χ3v) is 5.79. The Hall–Kier alpha value is -4.53. The van der Waals surface area contributed by atoms with Crippen LogP contribution in [0.3, 0.4) is 0 Å². The van der Waals surface area contributed by atoms with Crippen LogP contribution < -0.4 is 9.47 Å². The maximum absolute atomic E-state index is 12.2. The molecule has 0 unspecified atom stereocenters. The third-order valence-electron chi connectivity index (χ3n) is 5.79. The molecule has 4 rings (SSSR count). The number of aliphatic carboxylic acids is 1. The number of hydrogen-bond donors (Lipinski definition) is 1. The first-order chi connectivity index (χ1) is 16.9. The summed E-state index contributed by atoms with van der Waals surface area (Å²) in [6, 6.07) is 20.0. The van der Waals surface area contributed by atoms with Crippen molar-refractivity contribution in [1.29, 1.82) is 0 Å². The molecule has 0 aromatic heterocycles. The SMILES string of the molecule is COc1ccc(/C=C2\O[C@@H](C(=O)O)[C@H](c3ccccc3)N2Cc2ccccc2[N+](=O)[O-])c(OC)c1. The summed E-state index contributed by atoms with van der Waals surface area (Å²) in [7, 11) is 3.06. The fourth-order valence-electron chi connectivity index (χ4n) is 4.12. The van der Waals surface area contributed by atoms with Gasteiger partial charge < -0.3 is 24.2 Å². The molecule has 9 nitrogen and oxygen atoms in total. The number of methoxy groups -OCH3 is 2. The molecule has 180 valence electrons. The first-order valence-electron chi connectivity index (χ1n) is 10.8. The molecule has 1 aliphatic rings. The van der Waals surface area contributed by atoms with Crippen LogP contribution in [0.1, 0.15) is 22.7 Å². The molecule has 1 fully saturated rings. The zero-order valence-electron chi connectivity index (χ0n) is 19.2. The minimum Gasteiger partial charge on any atom is -0.497 e. The van der Waals surface area contributed by atoms with Gasteiger partial charge in [0.05, 0.1) is 25.7 Å². The van der Waals surface area contributed by atoms with Gasteiger partial charge >= 0.3 is 5.97 Å². The topological polar surface area (TPSA) is 111 Å². The van der Waals surface area contributed by atoms with Gasteiger partial charge in [-0.3, -0.25) is 10.1 Å². The Kier molecular flexibility index (Phi) is 6.86. The summed E-state index contributed by atoms with van der Waals surface area (Å²) in [4.78, 5) is 25.2. The van der Waals surface area contributed by atoms with E-state index < -0.39 is 23.0 Å². The van der Waals surface area contributed by atoms with Crippen molar-refractivity contribution in [3.63, 3.8) is 0 Å². The fourth-order valence-corrected chi connectivity index (χ4v) is 4.12. The van der Waals surface area contributed by atoms with Crippen LogP contribution in [0.4, 0.5) is 5.69 Å². The summed E-state index contributed by atoms with van der Waals surface area (Å²) in [5, 5.41) is 21.7. The third kappa shape index (κ3) is 4.89. The summed E-state index contributed by atoms with van der Waals surface area (Å²) in [6.07, 6.45) is 0.446. The van der Waals surface area contributed by atoms with Crippen LogP contribution in [0.2, 0.25) is 0 Å². The van der Waals surface area contributed by atoms with Crippen LogP contribution in [0.25, 0.3) is 6.08 Å². The average Bonchev–Trinajstić information content (AvgIpc) is 3.23. The van der Waals surface area contributed by atoms with Gasteiger partial charge in [0.25, 0.3) is 5.69 Å². The predicted molar refractivity (Wildman–Crippen MR) is 128 cm³/mol. The van der Waals surface area contributed by atoms with Crippen LogP contribution in [-0.4, -0.2) is 41.2 Å². The molecule has 0 bridgehead atoms. The maximum atomic E-state index is 12.2. The lowest BCUT2D eigenvalue weighted by molar-refractivity contribution is -0.385. The zero-order valence-corrected chi connectivity index (χ0v) is 19.2. The summed E-state index contributed by atoms with van der Waals surface area (Å²) in [6.45, 7) is 0.0603. The van der Waals surface area contributed by atoms with Crippen molar-refractivity contribution in [1.82, 2.24) is 4.90 Å². The van der Waals surface area contributed by atoms with E-state index >= 15 is 0 Å². The number of carboxylic acid groups (broad SMARTS) is 1. The molecule has 9 heteroatoms. The van der Waals surface area contributed by atoms with E-state index in [4.69, 9.17) is 14.2 Å². The van der Waals surface area contributed by atoms with E-state index in [0.29, 0.717) is 28.2 Å². The lowest BCUT2D eigenvalue weighted by Crippen LogP contribution is -2.31. The highest BCUT2D eigenvalue weighted by Gasteiger charge is 2.45. The van der Waals surface area contributed by atoms with E-state index in [-0.39, 0.29) is 18.1 Å². The molecular weight excluding hydrogens is 452 g/mol. The normalized spacial score (nSPS) is 18.2. The van der Waals surface area contributed by atoms with Crippen molar-refractivity contribution in [2.45, 2.75) is 18.7 Å². The minimum absolute atomic E-state index is 0.0561. The van der Waals surface area contributed by atoms with Crippen molar-refractivity contribution in [3.05, 3.63) is 105 Å². The van der Waals surface area contributed by atoms with Crippen molar-refractivity contribution >= 4 is 17.7 Å². The van der Waals surface area contributed by atoms with E-state index in [9.17, 15) is 20.0 Å². The van der Waals surface area contributed by atoms with Gasteiger partial charge in [0.15, 0.2) is 5.88 Å². The number of carboxylic acids is 1. The lowest BCUT2D eigenvalue weighted by atomic mass is 10.00. The molecule has 3 aromatic rings. The van der Waals surface area contributed by atoms with Crippen molar-refractivity contribution < 1.29 is 29.0 Å². The zero-order chi connectivity index (χ0) is 24.9. The van der Waals surface area contributed by atoms with Crippen LogP contribution >= 0.6 is 0 Å². The average molecular weight is 476 g/mol. The van der Waals surface area contributed by atoms with E-state index in [2.05, 4.69) is 0 Å². The number of nitrogens with zero attached hydrogens (tertiary/aromatic N) is 2. The smallest absolute Gasteiger partial charge is 0.347 e. The molecule has 35 heavy (non-hydrogen) atoms. The number of ether oxygens (including phenoxy) is 3. The number of nitro benzene ring substituents is 1. The molecule has 0 radical (unpaired) electrons. The summed E-state index contributed by atoms with van der Waals surface area (Å²) < 4.78 is 16.7. The predicted octanol–water partition coefficient (Wildman–Crippen LogP) is 4.64. The lowest BCUT2D eigenvalue weighted by Gasteiger charge is -2.26. The van der Waals surface area contributed by atoms with Gasteiger partial charge in [-0.1, -0.05) is 48.5 Å². The highest BCUT2D eigenvalue weighted by molar-refractivity contribution is 5.75. The number of hydrogen-bond acceptors (Lipinski definition) is 7. The number of benzene rings is 3. The highest BCUT2D eigenvalue weighted by Crippen LogP contribution is 2.41. The minimum atomic E-state index is -1.23. The van der Waals surface area contributed by atoms with Gasteiger partial charge in [0.2, 0.25) is 6.10 Å². The Morgan fingerprint density at radius 1 is 1.09 bits per heavy atom. The molecule has 0 spiro atoms. The Morgan fingerprint density at radius 2 is 1.80 bits per heavy atom. The molecule has 0 saturated carbocycles. The van der Waals surface area contributed by atoms with E-state index in [1.165, 1.54) is 13.2 Å². The fraction of sp³-hybridized carbons (Fsp3) is 0.192. The van der Waals surface area contributed by atoms with E-state index in [1.807, 2.05) is 30.3 Å². The molecule has 1 N–H and O–H groups in total. The Bertz CT molecular complexity index is 1260. The largest absolute Gasteiger partial charge is 0.497 e. The van der Waals surface area contributed by atoms with Crippen LogP contribution in [-0.2, 0) is 16.1 Å². The molecule has 1 heterocycles. The van der Waals surface area contributed by atoms with Crippen molar-refractivity contribution in [2.24, 2.45) is 0 Å². The molecule has 0 amide bonds. The molecule has 1 saturated heterocycles. The maximum Gasteiger partial charge on any atom is 0.347 e. The van der Waals surface area contributed by atoms with Gasteiger partial charge in [-0.2, -0.15) is 0 Å². The van der Waals surface area contributed by atoms with E-state index in [0.717, 1.165) is 0 Å². The molecular formula is C26H24N2O7. The number of nitro groups is 1. The van der Waals surface area contributed by atoms with Gasteiger partial charge in [0, 0.05) is 29.3 Å². The number of para-hydroxylation sites is 1. The van der Waals surface area contributed by atoms with Crippen LogP contribution in [0.15, 0.2) is 78.7 Å². The molecule has 0 aliphatic carbocycles. The summed E-state index contributed by atoms with van der Waals surface area (Å²) >= 11 is 0. The van der Waals surface area contributed by atoms with E-state index in [1.54, 1.807) is 54.5 Å². The molecule has 1 aliphatic heterocycles. The Morgan fingerprint density at radius 3 is 2.46 bits per heavy atom. The first kappa shape index (κ1) is 23.6. The first-order valence-corrected chi connectivity index (χ1v) is 10.8. The van der Waals surface area contributed by atoms with Gasteiger partial charge in [-0.15, -0.1) is 0 Å². The second-order valence-electron chi connectivity index (χ2n) is 7.84. The highest BCUT2D eigenvalue weighted by atomic mass is 16.6. The number of rotatable bonds is 8. The standard InChI is InChI=1S/C26H24N2O7/c1-33-20-13-12-18(22(15-20)34-2)14-23-27(16-19-10-6-7-11-21(19)28(31)32)24(25(35-23)26(29)30)17-8-4-3-5-9-17/h3-15,24-25H,16H2,1-2H3,(H,29,30)/b23-14-/t24-,25+/m0/s1. The Labute approximate surface area is 201 Å². The van der Waals surface area contributed by atoms with Crippen LogP contribution in [0, 0.1) is 10.1 Å². The Balaban J connectivity index is 1.85. The second-order valence-corrected chi connectivity index (χ2v) is 7.84. The summed E-state index contributed by atoms with van der Waals surface area (Å²) in [5.41, 5.74) is 1.72. The van der Waals surface area contributed by atoms with Gasteiger partial charge in [-0.05, 0) is 17.7 Å². The molecule has 3 aromatic carbocycles. The quantitative estimate of drug-likeness (QED) is 0.370. The monoisotopic (exact) mass is 476 g/mol. The summed E-state index contributed by atoms with van der Waals surface area (Å²) in [5.74, 6) is 0.212.